The molecule has 0 aliphatic carbocycles. The molecule has 0 heterocycles. The van der Waals surface area contributed by atoms with Crippen LogP contribution >= 0.6 is 7.37 Å². The predicted molar refractivity (Wildman–Crippen MR) is 78.3 cm³/mol. The summed E-state index contributed by atoms with van der Waals surface area (Å²) in [5.74, 6) is 0. The van der Waals surface area contributed by atoms with Crippen molar-refractivity contribution in [1.29, 1.82) is 0 Å². The fraction of sp³-hybridized carbons (Fsp3) is 0.143. The molecule has 2 rings (SSSR count). The summed E-state index contributed by atoms with van der Waals surface area (Å²) in [4.78, 5) is 4.20. The van der Waals surface area contributed by atoms with Crippen LogP contribution in [-0.2, 0) is 7.43 Å². The minimum atomic E-state index is -2.89. The van der Waals surface area contributed by atoms with Gasteiger partial charge in [0.05, 0.1) is 0 Å². The van der Waals surface area contributed by atoms with Gasteiger partial charge in [-0.25, -0.2) is 0 Å². The molecule has 0 bridgehead atoms. The SMILES string of the molecule is [CH3][Sn]([CH3])[O]P(=O)(c1ccccc1)c1ccccc1. The average Bonchev–Trinajstić information content (AvgIpc) is 2.40. The fourth-order valence-electron chi connectivity index (χ4n) is 1.76. The second-order valence-corrected chi connectivity index (χ2v) is 13.3. The number of benzene rings is 2. The molecule has 2 nitrogen and oxygen atoms in total. The molecule has 0 saturated heterocycles. The molecule has 0 amide bonds. The zero-order valence-electron chi connectivity index (χ0n) is 10.5. The van der Waals surface area contributed by atoms with Crippen LogP contribution < -0.4 is 10.6 Å². The normalized spacial score (nSPS) is 11.7. The zero-order valence-corrected chi connectivity index (χ0v) is 14.3. The van der Waals surface area contributed by atoms with E-state index in [2.05, 4.69) is 9.88 Å². The van der Waals surface area contributed by atoms with E-state index in [1.54, 1.807) is 0 Å². The Balaban J connectivity index is 2.52. The van der Waals surface area contributed by atoms with Gasteiger partial charge in [0.25, 0.3) is 0 Å². The van der Waals surface area contributed by atoms with Crippen molar-refractivity contribution in [2.75, 3.05) is 0 Å². The summed E-state index contributed by atoms with van der Waals surface area (Å²) in [7, 11) is -2.89. The van der Waals surface area contributed by atoms with Gasteiger partial charge in [-0.15, -0.1) is 0 Å². The van der Waals surface area contributed by atoms with E-state index in [0.717, 1.165) is 10.6 Å². The number of hydrogen-bond acceptors (Lipinski definition) is 2. The molecule has 2 aromatic rings. The van der Waals surface area contributed by atoms with Crippen LogP contribution in [0.5, 0.6) is 0 Å². The third-order valence-corrected chi connectivity index (χ3v) is 10.4. The van der Waals surface area contributed by atoms with Crippen LogP contribution in [0, 0.1) is 0 Å². The molecule has 93 valence electrons. The molecule has 0 unspecified atom stereocenters. The van der Waals surface area contributed by atoms with Crippen LogP contribution in [0.1, 0.15) is 0 Å². The molecule has 0 atom stereocenters. The van der Waals surface area contributed by atoms with Gasteiger partial charge in [-0.1, -0.05) is 0 Å². The van der Waals surface area contributed by atoms with Gasteiger partial charge >= 0.3 is 116 Å². The summed E-state index contributed by atoms with van der Waals surface area (Å²) < 4.78 is 19.2. The van der Waals surface area contributed by atoms with Gasteiger partial charge in [-0.3, -0.25) is 0 Å². The summed E-state index contributed by atoms with van der Waals surface area (Å²) in [6.07, 6.45) is 0. The second kappa shape index (κ2) is 6.05. The maximum atomic E-state index is 13.3. The summed E-state index contributed by atoms with van der Waals surface area (Å²) in [6, 6.07) is 19.0. The maximum absolute atomic E-state index is 13.3. The standard InChI is InChI=1S/C12H11O2P.2CH3.Sn/c13-15(14,11-7-3-1-4-8-11)12-9-5-2-6-10-12;;;/h1-10H,(H,13,14);2*1H3;/q;;;+1/p-1. The Bertz CT molecular complexity index is 497. The number of rotatable bonds is 4. The van der Waals surface area contributed by atoms with Crippen molar-refractivity contribution >= 4 is 38.2 Å². The van der Waals surface area contributed by atoms with E-state index in [-0.39, 0.29) is 0 Å². The monoisotopic (exact) mass is 367 g/mol. The summed E-state index contributed by atoms with van der Waals surface area (Å²) in [5.41, 5.74) is 0. The Morgan fingerprint density at radius 2 is 1.22 bits per heavy atom. The van der Waals surface area contributed by atoms with Gasteiger partial charge < -0.3 is 0 Å². The van der Waals surface area contributed by atoms with Crippen molar-refractivity contribution in [3.63, 3.8) is 0 Å². The van der Waals surface area contributed by atoms with E-state index in [0.29, 0.717) is 0 Å². The number of hydrogen-bond donors (Lipinski definition) is 0. The van der Waals surface area contributed by atoms with Crippen molar-refractivity contribution in [1.82, 2.24) is 0 Å². The minimum absolute atomic E-state index is 0.790. The summed E-state index contributed by atoms with van der Waals surface area (Å²) in [5, 5.41) is 1.58. The third-order valence-electron chi connectivity index (χ3n) is 2.50. The first-order chi connectivity index (χ1) is 8.63. The first-order valence-corrected chi connectivity index (χ1v) is 14.3. The van der Waals surface area contributed by atoms with Crippen molar-refractivity contribution in [3.8, 4) is 0 Å². The predicted octanol–water partition coefficient (Wildman–Crippen LogP) is 3.18. The third kappa shape index (κ3) is 3.05. The van der Waals surface area contributed by atoms with Gasteiger partial charge in [0, 0.05) is 0 Å². The van der Waals surface area contributed by atoms with E-state index in [1.807, 2.05) is 60.7 Å². The Kier molecular flexibility index (Phi) is 4.65. The molecule has 0 aliphatic heterocycles. The van der Waals surface area contributed by atoms with Crippen LogP contribution in [0.25, 0.3) is 0 Å². The molecular weight excluding hydrogens is 350 g/mol. The molecular formula is C14H16O2PSn. The Hall–Kier alpha value is -0.571. The van der Waals surface area contributed by atoms with Crippen LogP contribution in [0.3, 0.4) is 0 Å². The first kappa shape index (κ1) is 13.9. The molecule has 0 aromatic heterocycles. The fourth-order valence-corrected chi connectivity index (χ4v) is 10.1. The molecule has 1 radical (unpaired) electrons. The molecule has 18 heavy (non-hydrogen) atoms. The van der Waals surface area contributed by atoms with Gasteiger partial charge in [-0.05, 0) is 0 Å². The van der Waals surface area contributed by atoms with Crippen molar-refractivity contribution < 1.29 is 7.43 Å². The van der Waals surface area contributed by atoms with E-state index >= 15 is 0 Å². The topological polar surface area (TPSA) is 26.3 Å². The van der Waals surface area contributed by atoms with Crippen molar-refractivity contribution in [2.45, 2.75) is 9.88 Å². The Labute approximate surface area is 116 Å². The summed E-state index contributed by atoms with van der Waals surface area (Å²) in [6.45, 7) is 0. The van der Waals surface area contributed by atoms with Gasteiger partial charge in [0.15, 0.2) is 0 Å². The molecule has 0 N–H and O–H groups in total. The van der Waals surface area contributed by atoms with Crippen molar-refractivity contribution in [3.05, 3.63) is 60.7 Å². The second-order valence-electron chi connectivity index (χ2n) is 4.22. The first-order valence-electron chi connectivity index (χ1n) is 5.84. The zero-order chi connectivity index (χ0) is 13.0. The van der Waals surface area contributed by atoms with Gasteiger partial charge in [0.1, 0.15) is 0 Å². The van der Waals surface area contributed by atoms with Crippen LogP contribution in [0.15, 0.2) is 60.7 Å². The quantitative estimate of drug-likeness (QED) is 0.614. The average molecular weight is 366 g/mol. The Morgan fingerprint density at radius 1 is 0.833 bits per heavy atom. The van der Waals surface area contributed by atoms with Crippen LogP contribution in [-0.4, -0.2) is 20.2 Å². The van der Waals surface area contributed by atoms with Crippen molar-refractivity contribution in [2.24, 2.45) is 0 Å². The van der Waals surface area contributed by atoms with Crippen LogP contribution in [0.4, 0.5) is 0 Å². The molecule has 0 spiro atoms. The van der Waals surface area contributed by atoms with E-state index in [9.17, 15) is 4.57 Å². The van der Waals surface area contributed by atoms with E-state index < -0.39 is 27.5 Å². The molecule has 2 aromatic carbocycles. The van der Waals surface area contributed by atoms with Gasteiger partial charge in [-0.2, -0.15) is 0 Å². The van der Waals surface area contributed by atoms with E-state index in [1.165, 1.54) is 0 Å². The molecule has 0 saturated carbocycles. The van der Waals surface area contributed by atoms with Crippen LogP contribution in [0.2, 0.25) is 9.88 Å². The molecule has 4 heteroatoms. The molecule has 0 fully saturated rings. The molecule has 0 aliphatic rings. The van der Waals surface area contributed by atoms with Gasteiger partial charge in [0.2, 0.25) is 0 Å². The Morgan fingerprint density at radius 3 is 1.56 bits per heavy atom. The summed E-state index contributed by atoms with van der Waals surface area (Å²) >= 11 is -1.94. The van der Waals surface area contributed by atoms with E-state index in [4.69, 9.17) is 2.86 Å².